The first-order valence-electron chi connectivity index (χ1n) is 7.39. The maximum atomic E-state index is 11.9. The number of anilines is 1. The van der Waals surface area contributed by atoms with Crippen LogP contribution in [0.2, 0.25) is 0 Å². The lowest BCUT2D eigenvalue weighted by Gasteiger charge is -2.06. The zero-order chi connectivity index (χ0) is 18.1. The summed E-state index contributed by atoms with van der Waals surface area (Å²) in [7, 11) is 1.29. The van der Waals surface area contributed by atoms with E-state index in [1.165, 1.54) is 13.2 Å². The monoisotopic (exact) mass is 336 g/mol. The van der Waals surface area contributed by atoms with Crippen molar-refractivity contribution in [3.63, 3.8) is 0 Å². The topological polar surface area (TPSA) is 88.4 Å². The molecule has 0 aliphatic heterocycles. The Labute approximate surface area is 145 Å². The number of ether oxygens (including phenoxy) is 2. The molecule has 2 rings (SSSR count). The van der Waals surface area contributed by atoms with Crippen LogP contribution in [0.5, 0.6) is 5.75 Å². The average Bonchev–Trinajstić information content (AvgIpc) is 2.66. The Bertz CT molecular complexity index is 803. The van der Waals surface area contributed by atoms with Crippen molar-refractivity contribution in [3.05, 3.63) is 65.7 Å². The van der Waals surface area contributed by atoms with Crippen LogP contribution < -0.4 is 10.1 Å². The number of nitrogens with zero attached hydrogens (tertiary/aromatic N) is 1. The van der Waals surface area contributed by atoms with Gasteiger partial charge in [0, 0.05) is 11.8 Å². The van der Waals surface area contributed by atoms with Gasteiger partial charge in [-0.05, 0) is 48.0 Å². The third-order valence-corrected chi connectivity index (χ3v) is 3.17. The largest absolute Gasteiger partial charge is 0.482 e. The van der Waals surface area contributed by atoms with Crippen molar-refractivity contribution < 1.29 is 19.1 Å². The van der Waals surface area contributed by atoms with E-state index in [-0.39, 0.29) is 12.5 Å². The molecule has 0 fully saturated rings. The fraction of sp³-hybridized carbons (Fsp3) is 0.105. The number of carbonyl (C=O) groups excluding carboxylic acids is 2. The maximum Gasteiger partial charge on any atom is 0.343 e. The van der Waals surface area contributed by atoms with E-state index >= 15 is 0 Å². The number of amides is 1. The Kier molecular flexibility index (Phi) is 6.32. The number of methoxy groups -OCH3 is 1. The lowest BCUT2D eigenvalue weighted by molar-refractivity contribution is -0.142. The Morgan fingerprint density at radius 1 is 1.12 bits per heavy atom. The van der Waals surface area contributed by atoms with Gasteiger partial charge in [0.1, 0.15) is 5.75 Å². The van der Waals surface area contributed by atoms with Gasteiger partial charge in [-0.15, -0.1) is 0 Å². The van der Waals surface area contributed by atoms with E-state index in [4.69, 9.17) is 10.00 Å². The molecular weight excluding hydrogens is 320 g/mol. The van der Waals surface area contributed by atoms with Crippen LogP contribution in [0.15, 0.2) is 54.6 Å². The number of nitrogens with one attached hydrogen (secondary N) is 1. The average molecular weight is 336 g/mol. The molecule has 0 bridgehead atoms. The van der Waals surface area contributed by atoms with Crippen LogP contribution in [0.1, 0.15) is 11.1 Å². The second-order valence-electron chi connectivity index (χ2n) is 4.95. The van der Waals surface area contributed by atoms with Crippen LogP contribution >= 0.6 is 0 Å². The van der Waals surface area contributed by atoms with Crippen LogP contribution in [-0.2, 0) is 14.3 Å². The minimum absolute atomic E-state index is 0.171. The van der Waals surface area contributed by atoms with Crippen molar-refractivity contribution in [3.8, 4) is 11.8 Å². The van der Waals surface area contributed by atoms with Crippen molar-refractivity contribution in [1.29, 1.82) is 5.26 Å². The maximum absolute atomic E-state index is 11.9. The number of esters is 1. The quantitative estimate of drug-likeness (QED) is 0.647. The van der Waals surface area contributed by atoms with E-state index in [0.29, 0.717) is 17.0 Å². The molecule has 0 saturated carbocycles. The first kappa shape index (κ1) is 17.8. The summed E-state index contributed by atoms with van der Waals surface area (Å²) < 4.78 is 9.70. The number of hydrogen-bond acceptors (Lipinski definition) is 5. The van der Waals surface area contributed by atoms with Crippen LogP contribution in [0.4, 0.5) is 5.69 Å². The molecule has 2 aromatic carbocycles. The van der Waals surface area contributed by atoms with E-state index < -0.39 is 5.97 Å². The molecule has 126 valence electrons. The first-order chi connectivity index (χ1) is 12.1. The van der Waals surface area contributed by atoms with Crippen LogP contribution in [0.3, 0.4) is 0 Å². The molecule has 0 heterocycles. The summed E-state index contributed by atoms with van der Waals surface area (Å²) in [6.45, 7) is -0.171. The summed E-state index contributed by atoms with van der Waals surface area (Å²) in [4.78, 5) is 22.9. The summed E-state index contributed by atoms with van der Waals surface area (Å²) in [5.74, 6) is -0.255. The molecule has 2 aromatic rings. The van der Waals surface area contributed by atoms with E-state index in [1.54, 1.807) is 54.6 Å². The van der Waals surface area contributed by atoms with Crippen molar-refractivity contribution in [2.45, 2.75) is 0 Å². The fourth-order valence-corrected chi connectivity index (χ4v) is 1.86. The van der Waals surface area contributed by atoms with Crippen molar-refractivity contribution in [2.24, 2.45) is 0 Å². The van der Waals surface area contributed by atoms with Crippen LogP contribution in [0.25, 0.3) is 6.08 Å². The lowest BCUT2D eigenvalue weighted by atomic mass is 10.1. The molecule has 0 aliphatic rings. The number of rotatable bonds is 6. The van der Waals surface area contributed by atoms with Crippen LogP contribution in [-0.4, -0.2) is 25.6 Å². The normalized spacial score (nSPS) is 10.1. The van der Waals surface area contributed by atoms with Gasteiger partial charge in [-0.2, -0.15) is 5.26 Å². The van der Waals surface area contributed by atoms with E-state index in [1.807, 2.05) is 6.07 Å². The molecule has 6 heteroatoms. The lowest BCUT2D eigenvalue weighted by Crippen LogP contribution is -2.12. The Hall–Kier alpha value is -3.59. The van der Waals surface area contributed by atoms with Crippen molar-refractivity contribution in [2.75, 3.05) is 19.0 Å². The molecule has 0 atom stereocenters. The Morgan fingerprint density at radius 2 is 1.80 bits per heavy atom. The second-order valence-corrected chi connectivity index (χ2v) is 4.95. The van der Waals surface area contributed by atoms with Gasteiger partial charge in [0.2, 0.25) is 5.91 Å². The molecule has 0 spiro atoms. The molecule has 25 heavy (non-hydrogen) atoms. The predicted molar refractivity (Wildman–Crippen MR) is 92.8 cm³/mol. The molecule has 6 nitrogen and oxygen atoms in total. The van der Waals surface area contributed by atoms with Gasteiger partial charge in [0.05, 0.1) is 18.7 Å². The standard InChI is InChI=1S/C19H16N2O4/c1-24-19(23)13-25-17-9-7-16(8-10-17)21-18(22)11-6-14-2-4-15(12-20)5-3-14/h2-11H,13H2,1H3,(H,21,22)/b11-6+. The van der Waals surface area contributed by atoms with Gasteiger partial charge in [-0.1, -0.05) is 12.1 Å². The fourth-order valence-electron chi connectivity index (χ4n) is 1.86. The first-order valence-corrected chi connectivity index (χ1v) is 7.39. The van der Waals surface area contributed by atoms with Crippen molar-refractivity contribution in [1.82, 2.24) is 0 Å². The van der Waals surface area contributed by atoms with Gasteiger partial charge in [0.25, 0.3) is 0 Å². The molecule has 0 radical (unpaired) electrons. The number of benzene rings is 2. The highest BCUT2D eigenvalue weighted by atomic mass is 16.6. The van der Waals surface area contributed by atoms with Gasteiger partial charge >= 0.3 is 5.97 Å². The Morgan fingerprint density at radius 3 is 2.40 bits per heavy atom. The van der Waals surface area contributed by atoms with E-state index in [0.717, 1.165) is 5.56 Å². The van der Waals surface area contributed by atoms with Gasteiger partial charge in [0.15, 0.2) is 6.61 Å². The zero-order valence-electron chi connectivity index (χ0n) is 13.6. The molecule has 1 amide bonds. The predicted octanol–water partition coefficient (Wildman–Crippen LogP) is 2.76. The third kappa shape index (κ3) is 5.84. The summed E-state index contributed by atoms with van der Waals surface area (Å²) in [6.07, 6.45) is 3.06. The van der Waals surface area contributed by atoms with Gasteiger partial charge < -0.3 is 14.8 Å². The highest BCUT2D eigenvalue weighted by Crippen LogP contribution is 2.16. The highest BCUT2D eigenvalue weighted by molar-refractivity contribution is 6.01. The van der Waals surface area contributed by atoms with Crippen molar-refractivity contribution >= 4 is 23.6 Å². The van der Waals surface area contributed by atoms with E-state index in [2.05, 4.69) is 10.1 Å². The van der Waals surface area contributed by atoms with Crippen LogP contribution in [0, 0.1) is 11.3 Å². The molecule has 0 aliphatic carbocycles. The smallest absolute Gasteiger partial charge is 0.343 e. The zero-order valence-corrected chi connectivity index (χ0v) is 13.6. The molecular formula is C19H16N2O4. The molecule has 0 unspecified atom stereocenters. The van der Waals surface area contributed by atoms with Gasteiger partial charge in [-0.25, -0.2) is 4.79 Å². The molecule has 0 saturated heterocycles. The summed E-state index contributed by atoms with van der Waals surface area (Å²) in [5.41, 5.74) is 1.98. The molecule has 1 N–H and O–H groups in total. The third-order valence-electron chi connectivity index (χ3n) is 3.17. The minimum atomic E-state index is -0.467. The number of hydrogen-bond donors (Lipinski definition) is 1. The summed E-state index contributed by atoms with van der Waals surface area (Å²) in [5, 5.41) is 11.5. The second kappa shape index (κ2) is 8.89. The Balaban J connectivity index is 1.88. The highest BCUT2D eigenvalue weighted by Gasteiger charge is 2.03. The molecule has 0 aromatic heterocycles. The summed E-state index contributed by atoms with van der Waals surface area (Å²) in [6, 6.07) is 15.5. The van der Waals surface area contributed by atoms with E-state index in [9.17, 15) is 9.59 Å². The summed E-state index contributed by atoms with van der Waals surface area (Å²) >= 11 is 0. The SMILES string of the molecule is COC(=O)COc1ccc(NC(=O)/C=C/c2ccc(C#N)cc2)cc1. The number of carbonyl (C=O) groups is 2. The number of nitriles is 1. The minimum Gasteiger partial charge on any atom is -0.482 e. The van der Waals surface area contributed by atoms with Gasteiger partial charge in [-0.3, -0.25) is 4.79 Å².